The molecule has 0 aliphatic heterocycles. The van der Waals surface area contributed by atoms with Gasteiger partial charge in [0.15, 0.2) is 19.8 Å². The average molecular weight is 433 g/mol. The second-order valence-electron chi connectivity index (χ2n) is 8.01. The maximum absolute atomic E-state index is 6.42. The first-order chi connectivity index (χ1) is 11.4. The van der Waals surface area contributed by atoms with Crippen LogP contribution in [0.3, 0.4) is 0 Å². The molecule has 0 spiro atoms. The minimum atomic E-state index is -1.89. The zero-order chi connectivity index (χ0) is 19.6. The van der Waals surface area contributed by atoms with E-state index in [2.05, 4.69) is 63.6 Å². The molecule has 0 amide bonds. The highest BCUT2D eigenvalue weighted by Crippen LogP contribution is 2.50. The minimum Gasteiger partial charge on any atom is -0.495 e. The monoisotopic (exact) mass is 432 g/mol. The highest BCUT2D eigenvalue weighted by Gasteiger charge is 2.38. The molecular formula is C19H33BrO4Si. The van der Waals surface area contributed by atoms with Gasteiger partial charge in [-0.3, -0.25) is 0 Å². The molecule has 0 aromatic heterocycles. The molecule has 0 atom stereocenters. The normalized spacial score (nSPS) is 12.5. The van der Waals surface area contributed by atoms with Gasteiger partial charge >= 0.3 is 0 Å². The van der Waals surface area contributed by atoms with Gasteiger partial charge in [0.2, 0.25) is 0 Å². The van der Waals surface area contributed by atoms with Crippen molar-refractivity contribution in [3.63, 3.8) is 0 Å². The summed E-state index contributed by atoms with van der Waals surface area (Å²) in [5.74, 6) is 2.43. The van der Waals surface area contributed by atoms with E-state index in [9.17, 15) is 0 Å². The maximum atomic E-state index is 6.42. The quantitative estimate of drug-likeness (QED) is 0.486. The van der Waals surface area contributed by atoms with Crippen molar-refractivity contribution < 1.29 is 18.6 Å². The van der Waals surface area contributed by atoms with Gasteiger partial charge in [-0.15, -0.1) is 0 Å². The minimum absolute atomic E-state index is 0.138. The van der Waals surface area contributed by atoms with Gasteiger partial charge < -0.3 is 18.6 Å². The lowest BCUT2D eigenvalue weighted by molar-refractivity contribution is 0.263. The van der Waals surface area contributed by atoms with E-state index in [1.165, 1.54) is 0 Å². The number of rotatable bonds is 7. The molecular weight excluding hydrogens is 400 g/mol. The molecule has 1 aromatic carbocycles. The second kappa shape index (κ2) is 8.31. The molecule has 1 rings (SSSR count). The number of hydrogen-bond donors (Lipinski definition) is 0. The van der Waals surface area contributed by atoms with Crippen molar-refractivity contribution in [2.45, 2.75) is 65.3 Å². The highest BCUT2D eigenvalue weighted by atomic mass is 79.9. The van der Waals surface area contributed by atoms with Gasteiger partial charge in [0.1, 0.15) is 5.75 Å². The largest absolute Gasteiger partial charge is 0.495 e. The summed E-state index contributed by atoms with van der Waals surface area (Å²) < 4.78 is 24.4. The van der Waals surface area contributed by atoms with Gasteiger partial charge in [-0.25, -0.2) is 0 Å². The third-order valence-electron chi connectivity index (χ3n) is 5.01. The lowest BCUT2D eigenvalue weighted by Gasteiger charge is -2.36. The maximum Gasteiger partial charge on any atom is 0.192 e. The standard InChI is InChI=1S/C19H33BrO4Si/c1-12(2)14-17(22-7)15(20)13(16(21-6)18(14)23-8)11-24-25(9,10)19(3,4)5/h12H,11H2,1-10H3. The van der Waals surface area contributed by atoms with Crippen LogP contribution in [0.15, 0.2) is 4.47 Å². The lowest BCUT2D eigenvalue weighted by atomic mass is 9.97. The molecule has 0 unspecified atom stereocenters. The van der Waals surface area contributed by atoms with Gasteiger partial charge in [-0.2, -0.15) is 0 Å². The molecule has 0 heterocycles. The van der Waals surface area contributed by atoms with Crippen LogP contribution in [0.1, 0.15) is 51.7 Å². The zero-order valence-electron chi connectivity index (χ0n) is 17.3. The van der Waals surface area contributed by atoms with Gasteiger partial charge in [0, 0.05) is 11.1 Å². The van der Waals surface area contributed by atoms with Crippen LogP contribution in [-0.2, 0) is 11.0 Å². The van der Waals surface area contributed by atoms with Gasteiger partial charge in [-0.05, 0) is 40.0 Å². The predicted molar refractivity (Wildman–Crippen MR) is 110 cm³/mol. The van der Waals surface area contributed by atoms with Crippen molar-refractivity contribution in [3.05, 3.63) is 15.6 Å². The van der Waals surface area contributed by atoms with Gasteiger partial charge in [0.25, 0.3) is 0 Å². The molecule has 0 aliphatic rings. The van der Waals surface area contributed by atoms with Crippen molar-refractivity contribution in [2.75, 3.05) is 21.3 Å². The van der Waals surface area contributed by atoms with E-state index in [-0.39, 0.29) is 11.0 Å². The van der Waals surface area contributed by atoms with Gasteiger partial charge in [-0.1, -0.05) is 34.6 Å². The van der Waals surface area contributed by atoms with Crippen LogP contribution in [0, 0.1) is 0 Å². The Morgan fingerprint density at radius 1 is 0.920 bits per heavy atom. The second-order valence-corrected chi connectivity index (χ2v) is 13.6. The SMILES string of the molecule is COc1c(CO[Si](C)(C)C(C)(C)C)c(Br)c(OC)c(C(C)C)c1OC. The van der Waals surface area contributed by atoms with Crippen LogP contribution < -0.4 is 14.2 Å². The summed E-state index contributed by atoms with van der Waals surface area (Å²) in [7, 11) is 3.11. The Morgan fingerprint density at radius 2 is 1.40 bits per heavy atom. The van der Waals surface area contributed by atoms with E-state index >= 15 is 0 Å². The average Bonchev–Trinajstić information content (AvgIpc) is 2.50. The van der Waals surface area contributed by atoms with E-state index in [4.69, 9.17) is 18.6 Å². The van der Waals surface area contributed by atoms with E-state index in [1.807, 2.05) is 0 Å². The smallest absolute Gasteiger partial charge is 0.192 e. The van der Waals surface area contributed by atoms with E-state index in [0.717, 1.165) is 21.3 Å². The molecule has 6 heteroatoms. The van der Waals surface area contributed by atoms with Crippen molar-refractivity contribution >= 4 is 24.2 Å². The number of halogens is 1. The lowest BCUT2D eigenvalue weighted by Crippen LogP contribution is -2.40. The molecule has 0 fully saturated rings. The van der Waals surface area contributed by atoms with Crippen LogP contribution >= 0.6 is 15.9 Å². The van der Waals surface area contributed by atoms with Crippen LogP contribution in [0.4, 0.5) is 0 Å². The van der Waals surface area contributed by atoms with Crippen LogP contribution in [0.2, 0.25) is 18.1 Å². The van der Waals surface area contributed by atoms with Crippen molar-refractivity contribution in [2.24, 2.45) is 0 Å². The first-order valence-electron chi connectivity index (χ1n) is 8.57. The van der Waals surface area contributed by atoms with E-state index in [0.29, 0.717) is 18.1 Å². The van der Waals surface area contributed by atoms with Crippen molar-refractivity contribution in [1.29, 1.82) is 0 Å². The molecule has 0 saturated heterocycles. The highest BCUT2D eigenvalue weighted by molar-refractivity contribution is 9.10. The molecule has 0 radical (unpaired) electrons. The first-order valence-corrected chi connectivity index (χ1v) is 12.3. The van der Waals surface area contributed by atoms with Crippen molar-refractivity contribution in [3.8, 4) is 17.2 Å². The van der Waals surface area contributed by atoms with Crippen LogP contribution in [0.5, 0.6) is 17.2 Å². The summed E-state index contributed by atoms with van der Waals surface area (Å²) in [6.45, 7) is 15.8. The molecule has 4 nitrogen and oxygen atoms in total. The molecule has 25 heavy (non-hydrogen) atoms. The fourth-order valence-corrected chi connectivity index (χ4v) is 4.07. The van der Waals surface area contributed by atoms with Crippen LogP contribution in [0.25, 0.3) is 0 Å². The molecule has 0 saturated carbocycles. The summed E-state index contributed by atoms with van der Waals surface area (Å²) in [6, 6.07) is 0. The third kappa shape index (κ3) is 4.52. The number of ether oxygens (including phenoxy) is 3. The summed E-state index contributed by atoms with van der Waals surface area (Å²) in [5, 5.41) is 0.138. The topological polar surface area (TPSA) is 36.9 Å². The fraction of sp³-hybridized carbons (Fsp3) is 0.684. The summed E-state index contributed by atoms with van der Waals surface area (Å²) in [4.78, 5) is 0. The van der Waals surface area contributed by atoms with E-state index < -0.39 is 8.32 Å². The number of methoxy groups -OCH3 is 3. The third-order valence-corrected chi connectivity index (χ3v) is 10.3. The Morgan fingerprint density at radius 3 is 1.76 bits per heavy atom. The molecule has 0 N–H and O–H groups in total. The summed E-state index contributed by atoms with van der Waals surface area (Å²) in [5.41, 5.74) is 1.91. The molecule has 0 aliphatic carbocycles. The number of benzene rings is 1. The Bertz CT molecular complexity index is 607. The van der Waals surface area contributed by atoms with Crippen molar-refractivity contribution in [1.82, 2.24) is 0 Å². The Hall–Kier alpha value is -0.723. The first kappa shape index (κ1) is 22.3. The summed E-state index contributed by atoms with van der Waals surface area (Å²) in [6.07, 6.45) is 0. The molecule has 1 aromatic rings. The Kier molecular flexibility index (Phi) is 7.42. The molecule has 144 valence electrons. The van der Waals surface area contributed by atoms with Crippen LogP contribution in [-0.4, -0.2) is 29.6 Å². The summed E-state index contributed by atoms with van der Waals surface area (Å²) >= 11 is 3.71. The van der Waals surface area contributed by atoms with E-state index in [1.54, 1.807) is 21.3 Å². The molecule has 0 bridgehead atoms. The number of hydrogen-bond acceptors (Lipinski definition) is 4. The fourth-order valence-electron chi connectivity index (χ4n) is 2.46. The van der Waals surface area contributed by atoms with Gasteiger partial charge in [0.05, 0.1) is 32.4 Å². The Labute approximate surface area is 162 Å². The Balaban J connectivity index is 3.50. The zero-order valence-corrected chi connectivity index (χ0v) is 19.9. The predicted octanol–water partition coefficient (Wildman–Crippen LogP) is 6.12.